The Morgan fingerprint density at radius 3 is 2.43 bits per heavy atom. The molecule has 0 saturated carbocycles. The first-order valence-electron chi connectivity index (χ1n) is 6.97. The van der Waals surface area contributed by atoms with Gasteiger partial charge in [-0.15, -0.1) is 0 Å². The minimum Gasteiger partial charge on any atom is -0.457 e. The van der Waals surface area contributed by atoms with E-state index in [-0.39, 0.29) is 11.3 Å². The summed E-state index contributed by atoms with van der Waals surface area (Å²) in [4.78, 5) is 11.6. The number of hydrogen-bond donors (Lipinski definition) is 0. The lowest BCUT2D eigenvalue weighted by molar-refractivity contribution is 0.101. The molecule has 0 heterocycles. The fraction of sp³-hybridized carbons (Fsp3) is 0.278. The van der Waals surface area contributed by atoms with Crippen molar-refractivity contribution in [3.05, 3.63) is 58.9 Å². The van der Waals surface area contributed by atoms with E-state index in [1.807, 2.05) is 25.1 Å². The molecule has 0 unspecified atom stereocenters. The molecule has 0 radical (unpaired) electrons. The largest absolute Gasteiger partial charge is 0.457 e. The summed E-state index contributed by atoms with van der Waals surface area (Å²) in [6.07, 6.45) is 0. The number of ether oxygens (including phenoxy) is 1. The van der Waals surface area contributed by atoms with Gasteiger partial charge < -0.3 is 4.74 Å². The average molecular weight is 286 g/mol. The molecule has 0 spiro atoms. The molecule has 110 valence electrons. The van der Waals surface area contributed by atoms with Gasteiger partial charge in [-0.3, -0.25) is 4.79 Å². The molecule has 2 nitrogen and oxygen atoms in total. The Hall–Kier alpha value is -2.16. The van der Waals surface area contributed by atoms with E-state index < -0.39 is 5.82 Å². The van der Waals surface area contributed by atoms with Crippen molar-refractivity contribution < 1.29 is 13.9 Å². The van der Waals surface area contributed by atoms with Gasteiger partial charge in [0.2, 0.25) is 0 Å². The summed E-state index contributed by atoms with van der Waals surface area (Å²) in [5, 5.41) is 0. The second-order valence-electron chi connectivity index (χ2n) is 5.47. The molecular formula is C18H19FO2. The molecular weight excluding hydrogens is 267 g/mol. The molecule has 2 rings (SSSR count). The van der Waals surface area contributed by atoms with Gasteiger partial charge in [0, 0.05) is 0 Å². The third-order valence-corrected chi connectivity index (χ3v) is 3.41. The standard InChI is InChI=1S/C18H19FO2/c1-11(2)16-7-6-15(9-12(16)3)21-18-8-5-14(19)10-17(18)13(4)20/h5-11H,1-4H3. The lowest BCUT2D eigenvalue weighted by Crippen LogP contribution is -1.99. The van der Waals surface area contributed by atoms with Crippen molar-refractivity contribution in [1.82, 2.24) is 0 Å². The zero-order chi connectivity index (χ0) is 15.6. The highest BCUT2D eigenvalue weighted by atomic mass is 19.1. The van der Waals surface area contributed by atoms with Crippen LogP contribution < -0.4 is 4.74 Å². The fourth-order valence-corrected chi connectivity index (χ4v) is 2.35. The summed E-state index contributed by atoms with van der Waals surface area (Å²) < 4.78 is 19.0. The van der Waals surface area contributed by atoms with Crippen LogP contribution in [-0.4, -0.2) is 5.78 Å². The van der Waals surface area contributed by atoms with Crippen molar-refractivity contribution >= 4 is 5.78 Å². The summed E-state index contributed by atoms with van der Waals surface area (Å²) in [5.41, 5.74) is 2.64. The van der Waals surface area contributed by atoms with E-state index >= 15 is 0 Å². The van der Waals surface area contributed by atoms with E-state index in [0.29, 0.717) is 17.4 Å². The monoisotopic (exact) mass is 286 g/mol. The summed E-state index contributed by atoms with van der Waals surface area (Å²) in [5.74, 6) is 0.795. The van der Waals surface area contributed by atoms with Crippen LogP contribution in [0.4, 0.5) is 4.39 Å². The highest BCUT2D eigenvalue weighted by Gasteiger charge is 2.12. The minimum absolute atomic E-state index is 0.222. The van der Waals surface area contributed by atoms with Crippen molar-refractivity contribution in [1.29, 1.82) is 0 Å². The molecule has 0 aliphatic heterocycles. The van der Waals surface area contributed by atoms with Gasteiger partial charge in [0.15, 0.2) is 5.78 Å². The van der Waals surface area contributed by atoms with Crippen LogP contribution in [-0.2, 0) is 0 Å². The number of rotatable bonds is 4. The van der Waals surface area contributed by atoms with Gasteiger partial charge in [-0.25, -0.2) is 4.39 Å². The SMILES string of the molecule is CC(=O)c1cc(F)ccc1Oc1ccc(C(C)C)c(C)c1. The molecule has 0 fully saturated rings. The summed E-state index contributed by atoms with van der Waals surface area (Å²) >= 11 is 0. The smallest absolute Gasteiger partial charge is 0.163 e. The summed E-state index contributed by atoms with van der Waals surface area (Å²) in [7, 11) is 0. The Bertz CT molecular complexity index is 675. The van der Waals surface area contributed by atoms with Crippen molar-refractivity contribution in [2.75, 3.05) is 0 Å². The van der Waals surface area contributed by atoms with Crippen molar-refractivity contribution in [2.24, 2.45) is 0 Å². The van der Waals surface area contributed by atoms with Crippen LogP contribution in [0.3, 0.4) is 0 Å². The quantitative estimate of drug-likeness (QED) is 0.717. The average Bonchev–Trinajstić information content (AvgIpc) is 2.40. The van der Waals surface area contributed by atoms with Crippen LogP contribution in [0.2, 0.25) is 0 Å². The predicted molar refractivity (Wildman–Crippen MR) is 81.7 cm³/mol. The first-order valence-corrected chi connectivity index (χ1v) is 6.97. The summed E-state index contributed by atoms with van der Waals surface area (Å²) in [6.45, 7) is 7.70. The zero-order valence-electron chi connectivity index (χ0n) is 12.7. The van der Waals surface area contributed by atoms with Gasteiger partial charge in [0.1, 0.15) is 17.3 Å². The van der Waals surface area contributed by atoms with E-state index in [9.17, 15) is 9.18 Å². The molecule has 0 N–H and O–H groups in total. The van der Waals surface area contributed by atoms with Crippen LogP contribution in [0.1, 0.15) is 48.2 Å². The first kappa shape index (κ1) is 15.2. The van der Waals surface area contributed by atoms with Crippen LogP contribution >= 0.6 is 0 Å². The molecule has 2 aromatic rings. The molecule has 0 amide bonds. The highest BCUT2D eigenvalue weighted by molar-refractivity contribution is 5.96. The van der Waals surface area contributed by atoms with E-state index in [0.717, 1.165) is 5.56 Å². The predicted octanol–water partition coefficient (Wildman–Crippen LogP) is 5.25. The molecule has 2 aromatic carbocycles. The molecule has 0 aliphatic rings. The second kappa shape index (κ2) is 6.08. The summed E-state index contributed by atoms with van der Waals surface area (Å²) in [6, 6.07) is 9.80. The first-order chi connectivity index (χ1) is 9.88. The number of ketones is 1. The van der Waals surface area contributed by atoms with Crippen LogP contribution in [0.5, 0.6) is 11.5 Å². The van der Waals surface area contributed by atoms with Crippen molar-refractivity contribution in [2.45, 2.75) is 33.6 Å². The maximum atomic E-state index is 13.2. The lowest BCUT2D eigenvalue weighted by atomic mass is 9.98. The molecule has 21 heavy (non-hydrogen) atoms. The Kier molecular flexibility index (Phi) is 4.41. The third-order valence-electron chi connectivity index (χ3n) is 3.41. The number of carbonyl (C=O) groups is 1. The van der Waals surface area contributed by atoms with Gasteiger partial charge in [-0.1, -0.05) is 19.9 Å². The third kappa shape index (κ3) is 3.48. The second-order valence-corrected chi connectivity index (χ2v) is 5.47. The molecule has 0 bridgehead atoms. The number of halogens is 1. The number of carbonyl (C=O) groups excluding carboxylic acids is 1. The highest BCUT2D eigenvalue weighted by Crippen LogP contribution is 2.29. The molecule has 0 aromatic heterocycles. The Labute approximate surface area is 124 Å². The van der Waals surface area contributed by atoms with E-state index in [1.165, 1.54) is 30.7 Å². The molecule has 0 aliphatic carbocycles. The van der Waals surface area contributed by atoms with Gasteiger partial charge in [0.05, 0.1) is 5.56 Å². The van der Waals surface area contributed by atoms with E-state index in [1.54, 1.807) is 0 Å². The van der Waals surface area contributed by atoms with Crippen LogP contribution in [0, 0.1) is 12.7 Å². The van der Waals surface area contributed by atoms with Crippen molar-refractivity contribution in [3.8, 4) is 11.5 Å². The number of hydrogen-bond acceptors (Lipinski definition) is 2. The van der Waals surface area contributed by atoms with Crippen molar-refractivity contribution in [3.63, 3.8) is 0 Å². The number of aryl methyl sites for hydroxylation is 1. The maximum Gasteiger partial charge on any atom is 0.163 e. The van der Waals surface area contributed by atoms with Crippen LogP contribution in [0.15, 0.2) is 36.4 Å². The van der Waals surface area contributed by atoms with Gasteiger partial charge in [-0.2, -0.15) is 0 Å². The number of benzene rings is 2. The molecule has 0 atom stereocenters. The van der Waals surface area contributed by atoms with Gasteiger partial charge in [0.25, 0.3) is 0 Å². The normalized spacial score (nSPS) is 10.8. The van der Waals surface area contributed by atoms with Gasteiger partial charge in [-0.05, 0) is 61.2 Å². The Balaban J connectivity index is 2.35. The zero-order valence-corrected chi connectivity index (χ0v) is 12.7. The Morgan fingerprint density at radius 2 is 1.86 bits per heavy atom. The lowest BCUT2D eigenvalue weighted by Gasteiger charge is -2.13. The fourth-order valence-electron chi connectivity index (χ4n) is 2.35. The molecule has 3 heteroatoms. The van der Waals surface area contributed by atoms with Gasteiger partial charge >= 0.3 is 0 Å². The maximum absolute atomic E-state index is 13.2. The van der Waals surface area contributed by atoms with E-state index in [4.69, 9.17) is 4.74 Å². The molecule has 0 saturated heterocycles. The minimum atomic E-state index is -0.445. The van der Waals surface area contributed by atoms with E-state index in [2.05, 4.69) is 13.8 Å². The van der Waals surface area contributed by atoms with Crippen LogP contribution in [0.25, 0.3) is 0 Å². The number of Topliss-reactive ketones (excluding diaryl/α,β-unsaturated/α-hetero) is 1. The Morgan fingerprint density at radius 1 is 1.14 bits per heavy atom. The topological polar surface area (TPSA) is 26.3 Å².